The highest BCUT2D eigenvalue weighted by molar-refractivity contribution is 5.98. The van der Waals surface area contributed by atoms with E-state index in [1.54, 1.807) is 24.1 Å². The van der Waals surface area contributed by atoms with E-state index in [4.69, 9.17) is 0 Å². The molecule has 5 rings (SSSR count). The molecule has 0 unspecified atom stereocenters. The first-order valence-corrected chi connectivity index (χ1v) is 9.24. The lowest BCUT2D eigenvalue weighted by atomic mass is 10.1. The Labute approximate surface area is 161 Å². The van der Waals surface area contributed by atoms with Crippen LogP contribution in [-0.2, 0) is 11.8 Å². The van der Waals surface area contributed by atoms with Gasteiger partial charge in [0.15, 0.2) is 11.6 Å². The summed E-state index contributed by atoms with van der Waals surface area (Å²) >= 11 is 0. The number of aryl methyl sites for hydroxylation is 1. The molecule has 1 spiro atoms. The SMILES string of the molecule is CNc1ncc(C#Cc2cnn(C)c2)c2cc(NC(=O)[C@@H]3CC34CC4)nnc12. The van der Waals surface area contributed by atoms with Crippen LogP contribution in [0, 0.1) is 23.2 Å². The topological polar surface area (TPSA) is 97.6 Å². The molecule has 1 atom stereocenters. The van der Waals surface area contributed by atoms with Crippen LogP contribution in [0.25, 0.3) is 10.9 Å². The molecule has 0 bridgehead atoms. The fourth-order valence-corrected chi connectivity index (χ4v) is 3.65. The maximum absolute atomic E-state index is 12.4. The molecule has 0 aromatic carbocycles. The van der Waals surface area contributed by atoms with Crippen LogP contribution in [0.2, 0.25) is 0 Å². The van der Waals surface area contributed by atoms with Crippen LogP contribution >= 0.6 is 0 Å². The number of hydrogen-bond acceptors (Lipinski definition) is 6. The van der Waals surface area contributed by atoms with Crippen molar-refractivity contribution in [3.05, 3.63) is 35.8 Å². The highest BCUT2D eigenvalue weighted by Gasteiger charge is 2.65. The van der Waals surface area contributed by atoms with E-state index in [1.165, 1.54) is 12.8 Å². The number of pyridine rings is 1. The molecule has 140 valence electrons. The van der Waals surface area contributed by atoms with Crippen LogP contribution in [0.3, 0.4) is 0 Å². The Morgan fingerprint density at radius 1 is 1.29 bits per heavy atom. The quantitative estimate of drug-likeness (QED) is 0.681. The molecule has 3 heterocycles. The van der Waals surface area contributed by atoms with E-state index in [0.717, 1.165) is 17.4 Å². The zero-order chi connectivity index (χ0) is 19.3. The number of aromatic nitrogens is 5. The first-order chi connectivity index (χ1) is 13.6. The van der Waals surface area contributed by atoms with Crippen molar-refractivity contribution >= 4 is 28.4 Å². The molecule has 0 radical (unpaired) electrons. The summed E-state index contributed by atoms with van der Waals surface area (Å²) in [6.45, 7) is 0. The van der Waals surface area contributed by atoms with Crippen molar-refractivity contribution in [3.63, 3.8) is 0 Å². The normalized spacial score (nSPS) is 18.4. The number of nitrogens with zero attached hydrogens (tertiary/aromatic N) is 5. The Morgan fingerprint density at radius 3 is 2.82 bits per heavy atom. The molecule has 0 saturated heterocycles. The van der Waals surface area contributed by atoms with Crippen molar-refractivity contribution < 1.29 is 4.79 Å². The van der Waals surface area contributed by atoms with Gasteiger partial charge in [0.2, 0.25) is 5.91 Å². The second-order valence-electron chi connectivity index (χ2n) is 7.52. The van der Waals surface area contributed by atoms with E-state index >= 15 is 0 Å². The third-order valence-corrected chi connectivity index (χ3v) is 5.56. The third-order valence-electron chi connectivity index (χ3n) is 5.56. The molecule has 28 heavy (non-hydrogen) atoms. The number of carbonyl (C=O) groups excluding carboxylic acids is 1. The van der Waals surface area contributed by atoms with Crippen molar-refractivity contribution in [3.8, 4) is 11.8 Å². The highest BCUT2D eigenvalue weighted by Crippen LogP contribution is 2.70. The summed E-state index contributed by atoms with van der Waals surface area (Å²) in [5.74, 6) is 7.45. The second kappa shape index (κ2) is 6.02. The number of nitrogens with one attached hydrogen (secondary N) is 2. The number of hydrogen-bond donors (Lipinski definition) is 2. The van der Waals surface area contributed by atoms with Crippen molar-refractivity contribution in [2.45, 2.75) is 19.3 Å². The summed E-state index contributed by atoms with van der Waals surface area (Å²) in [7, 11) is 3.63. The first-order valence-electron chi connectivity index (χ1n) is 9.24. The summed E-state index contributed by atoms with van der Waals surface area (Å²) in [5, 5.41) is 19.3. The minimum Gasteiger partial charge on any atom is -0.371 e. The second-order valence-corrected chi connectivity index (χ2v) is 7.52. The predicted molar refractivity (Wildman–Crippen MR) is 104 cm³/mol. The smallest absolute Gasteiger partial charge is 0.229 e. The first kappa shape index (κ1) is 16.7. The molecule has 1 amide bonds. The van der Waals surface area contributed by atoms with Crippen LogP contribution in [-0.4, -0.2) is 37.9 Å². The molecule has 2 saturated carbocycles. The summed E-state index contributed by atoms with van der Waals surface area (Å²) in [4.78, 5) is 16.8. The number of anilines is 2. The maximum Gasteiger partial charge on any atom is 0.229 e. The van der Waals surface area contributed by atoms with Crippen molar-refractivity contribution in [2.24, 2.45) is 18.4 Å². The fourth-order valence-electron chi connectivity index (χ4n) is 3.65. The van der Waals surface area contributed by atoms with Crippen LogP contribution in [0.5, 0.6) is 0 Å². The molecular formula is C20H19N7O. The zero-order valence-electron chi connectivity index (χ0n) is 15.7. The third kappa shape index (κ3) is 2.85. The highest BCUT2D eigenvalue weighted by atomic mass is 16.2. The lowest BCUT2D eigenvalue weighted by Crippen LogP contribution is -2.16. The summed E-state index contributed by atoms with van der Waals surface area (Å²) in [5.41, 5.74) is 2.45. The van der Waals surface area contributed by atoms with Crippen molar-refractivity contribution in [1.29, 1.82) is 0 Å². The van der Waals surface area contributed by atoms with Gasteiger partial charge in [-0.1, -0.05) is 11.8 Å². The molecule has 0 aliphatic heterocycles. The van der Waals surface area contributed by atoms with Gasteiger partial charge in [0, 0.05) is 37.8 Å². The summed E-state index contributed by atoms with van der Waals surface area (Å²) < 4.78 is 1.70. The largest absolute Gasteiger partial charge is 0.371 e. The molecule has 3 aromatic rings. The average Bonchev–Trinajstić information content (AvgIpc) is 3.60. The number of amides is 1. The Hall–Kier alpha value is -3.47. The molecule has 2 aliphatic carbocycles. The lowest BCUT2D eigenvalue weighted by molar-refractivity contribution is -0.117. The van der Waals surface area contributed by atoms with E-state index in [0.29, 0.717) is 28.1 Å². The maximum atomic E-state index is 12.4. The van der Waals surface area contributed by atoms with E-state index in [2.05, 4.69) is 42.8 Å². The van der Waals surface area contributed by atoms with Crippen molar-refractivity contribution in [1.82, 2.24) is 25.0 Å². The Bertz CT molecular complexity index is 1170. The monoisotopic (exact) mass is 373 g/mol. The van der Waals surface area contributed by atoms with E-state index < -0.39 is 0 Å². The van der Waals surface area contributed by atoms with Gasteiger partial charge in [-0.2, -0.15) is 5.10 Å². The Morgan fingerprint density at radius 2 is 2.14 bits per heavy atom. The summed E-state index contributed by atoms with van der Waals surface area (Å²) in [6, 6.07) is 1.82. The van der Waals surface area contributed by atoms with Gasteiger partial charge in [0.25, 0.3) is 0 Å². The van der Waals surface area contributed by atoms with Crippen LogP contribution in [0.1, 0.15) is 30.4 Å². The zero-order valence-corrected chi connectivity index (χ0v) is 15.7. The number of rotatable bonds is 3. The van der Waals surface area contributed by atoms with Crippen LogP contribution in [0.15, 0.2) is 24.7 Å². The van der Waals surface area contributed by atoms with Crippen LogP contribution < -0.4 is 10.6 Å². The molecule has 2 aliphatic rings. The van der Waals surface area contributed by atoms with Gasteiger partial charge < -0.3 is 10.6 Å². The van der Waals surface area contributed by atoms with E-state index in [-0.39, 0.29) is 11.8 Å². The lowest BCUT2D eigenvalue weighted by Gasteiger charge is -2.08. The molecule has 8 nitrogen and oxygen atoms in total. The molecule has 2 N–H and O–H groups in total. The minimum absolute atomic E-state index is 0.0389. The predicted octanol–water partition coefficient (Wildman–Crippen LogP) is 1.94. The fraction of sp³-hybridized carbons (Fsp3) is 0.350. The summed E-state index contributed by atoms with van der Waals surface area (Å²) in [6.07, 6.45) is 8.58. The van der Waals surface area contributed by atoms with Gasteiger partial charge in [-0.25, -0.2) is 4.98 Å². The van der Waals surface area contributed by atoms with Gasteiger partial charge in [-0.15, -0.1) is 10.2 Å². The van der Waals surface area contributed by atoms with E-state index in [9.17, 15) is 4.79 Å². The van der Waals surface area contributed by atoms with Gasteiger partial charge in [-0.05, 0) is 30.7 Å². The molecule has 8 heteroatoms. The van der Waals surface area contributed by atoms with Gasteiger partial charge in [0.1, 0.15) is 5.52 Å². The Balaban J connectivity index is 1.50. The van der Waals surface area contributed by atoms with Gasteiger partial charge in [0.05, 0.1) is 17.3 Å². The number of fused-ring (bicyclic) bond motifs is 1. The standard InChI is InChI=1S/C20H19N7O/c1-21-18-17-14(13(10-22-18)4-3-12-9-23-27(2)11-12)7-16(25-26-17)24-19(28)15-8-20(15)5-6-20/h7,9-11,15H,5-6,8H2,1-2H3,(H,21,22)(H,24,25,28)/t15-/m0/s1. The average molecular weight is 373 g/mol. The minimum atomic E-state index is 0.0389. The van der Waals surface area contributed by atoms with Gasteiger partial charge >= 0.3 is 0 Å². The number of carbonyl (C=O) groups is 1. The Kier molecular flexibility index (Phi) is 3.59. The van der Waals surface area contributed by atoms with E-state index in [1.807, 2.05) is 19.3 Å². The van der Waals surface area contributed by atoms with Crippen molar-refractivity contribution in [2.75, 3.05) is 17.7 Å². The molecule has 3 aromatic heterocycles. The molecule has 2 fully saturated rings. The van der Waals surface area contributed by atoms with Gasteiger partial charge in [-0.3, -0.25) is 9.48 Å². The van der Waals surface area contributed by atoms with Crippen LogP contribution in [0.4, 0.5) is 11.6 Å². The molecular weight excluding hydrogens is 354 g/mol.